The van der Waals surface area contributed by atoms with Gasteiger partial charge in [0.1, 0.15) is 5.56 Å². The minimum absolute atomic E-state index is 0.274. The van der Waals surface area contributed by atoms with Crippen LogP contribution in [0.3, 0.4) is 0 Å². The molecule has 3 rings (SSSR count). The Morgan fingerprint density at radius 3 is 2.23 bits per heavy atom. The van der Waals surface area contributed by atoms with Gasteiger partial charge in [-0.15, -0.1) is 0 Å². The second kappa shape index (κ2) is 9.71. The minimum atomic E-state index is -1.30. The van der Waals surface area contributed by atoms with E-state index in [1.165, 1.54) is 0 Å². The molecule has 0 aliphatic heterocycles. The molecule has 31 heavy (non-hydrogen) atoms. The summed E-state index contributed by atoms with van der Waals surface area (Å²) in [5.41, 5.74) is 2.58. The number of esters is 1. The highest BCUT2D eigenvalue weighted by Gasteiger charge is 2.29. The zero-order chi connectivity index (χ0) is 22.4. The fourth-order valence-electron chi connectivity index (χ4n) is 3.21. The number of aromatic nitrogens is 2. The molecule has 0 bridgehead atoms. The number of carbonyl (C=O) groups excluding carboxylic acids is 3. The predicted octanol–water partition coefficient (Wildman–Crippen LogP) is 3.23. The van der Waals surface area contributed by atoms with E-state index in [-0.39, 0.29) is 5.56 Å². The molecule has 3 amide bonds. The van der Waals surface area contributed by atoms with Gasteiger partial charge in [-0.25, -0.2) is 14.3 Å². The van der Waals surface area contributed by atoms with Gasteiger partial charge in [0.2, 0.25) is 6.10 Å². The lowest BCUT2D eigenvalue weighted by Crippen LogP contribution is -2.42. The Bertz CT molecular complexity index is 1080. The van der Waals surface area contributed by atoms with Gasteiger partial charge in [-0.2, -0.15) is 5.10 Å². The Balaban J connectivity index is 1.90. The van der Waals surface area contributed by atoms with Crippen LogP contribution in [0.5, 0.6) is 0 Å². The number of rotatable bonds is 6. The number of urea groups is 1. The van der Waals surface area contributed by atoms with Crippen LogP contribution in [-0.2, 0) is 9.53 Å². The van der Waals surface area contributed by atoms with Gasteiger partial charge < -0.3 is 10.1 Å². The zero-order valence-electron chi connectivity index (χ0n) is 17.6. The summed E-state index contributed by atoms with van der Waals surface area (Å²) in [6.07, 6.45) is -1.30. The SMILES string of the molecule is CCNC(=O)NC(=O)[C@H](OC(=O)c1c(C)nn(-c2ccccc2)c1C)c1ccccc1. The number of carbonyl (C=O) groups is 3. The molecule has 2 N–H and O–H groups in total. The first-order chi connectivity index (χ1) is 14.9. The molecule has 1 atom stereocenters. The largest absolute Gasteiger partial charge is 0.444 e. The summed E-state index contributed by atoms with van der Waals surface area (Å²) in [7, 11) is 0. The monoisotopic (exact) mass is 420 g/mol. The van der Waals surface area contributed by atoms with Crippen molar-refractivity contribution in [3.63, 3.8) is 0 Å². The van der Waals surface area contributed by atoms with Crippen molar-refractivity contribution < 1.29 is 19.1 Å². The second-order valence-electron chi connectivity index (χ2n) is 6.84. The van der Waals surface area contributed by atoms with E-state index in [9.17, 15) is 14.4 Å². The first kappa shape index (κ1) is 21.8. The van der Waals surface area contributed by atoms with E-state index >= 15 is 0 Å². The second-order valence-corrected chi connectivity index (χ2v) is 6.84. The van der Waals surface area contributed by atoms with Crippen LogP contribution in [-0.4, -0.2) is 34.2 Å². The van der Waals surface area contributed by atoms with E-state index in [4.69, 9.17) is 4.74 Å². The van der Waals surface area contributed by atoms with Gasteiger partial charge in [0, 0.05) is 12.1 Å². The van der Waals surface area contributed by atoms with Crippen molar-refractivity contribution in [3.8, 4) is 5.69 Å². The van der Waals surface area contributed by atoms with Crippen molar-refractivity contribution in [2.24, 2.45) is 0 Å². The minimum Gasteiger partial charge on any atom is -0.444 e. The van der Waals surface area contributed by atoms with Crippen LogP contribution < -0.4 is 10.6 Å². The molecule has 3 aromatic rings. The molecule has 0 aliphatic rings. The maximum Gasteiger partial charge on any atom is 0.343 e. The van der Waals surface area contributed by atoms with Crippen molar-refractivity contribution in [1.29, 1.82) is 0 Å². The van der Waals surface area contributed by atoms with Crippen LogP contribution in [0.4, 0.5) is 4.79 Å². The summed E-state index contributed by atoms with van der Waals surface area (Å²) in [5.74, 6) is -1.44. The van der Waals surface area contributed by atoms with Crippen molar-refractivity contribution in [1.82, 2.24) is 20.4 Å². The van der Waals surface area contributed by atoms with Crippen LogP contribution >= 0.6 is 0 Å². The van der Waals surface area contributed by atoms with Gasteiger partial charge in [-0.1, -0.05) is 48.5 Å². The van der Waals surface area contributed by atoms with Crippen molar-refractivity contribution in [3.05, 3.63) is 83.2 Å². The summed E-state index contributed by atoms with van der Waals surface area (Å²) in [4.78, 5) is 37.6. The Hall–Kier alpha value is -3.94. The van der Waals surface area contributed by atoms with Crippen LogP contribution in [0.25, 0.3) is 5.69 Å². The van der Waals surface area contributed by atoms with Crippen LogP contribution in [0.2, 0.25) is 0 Å². The number of aryl methyl sites for hydroxylation is 1. The number of ether oxygens (including phenoxy) is 1. The third-order valence-corrected chi connectivity index (χ3v) is 4.64. The Morgan fingerprint density at radius 2 is 1.61 bits per heavy atom. The van der Waals surface area contributed by atoms with Gasteiger partial charge in [-0.3, -0.25) is 10.1 Å². The molecule has 1 aromatic heterocycles. The average molecular weight is 420 g/mol. The molecule has 8 heteroatoms. The van der Waals surface area contributed by atoms with Crippen LogP contribution in [0, 0.1) is 13.8 Å². The molecule has 0 saturated heterocycles. The molecule has 8 nitrogen and oxygen atoms in total. The van der Waals surface area contributed by atoms with E-state index < -0.39 is 24.0 Å². The number of benzene rings is 2. The number of nitrogens with one attached hydrogen (secondary N) is 2. The zero-order valence-corrected chi connectivity index (χ0v) is 17.6. The van der Waals surface area contributed by atoms with E-state index in [1.54, 1.807) is 55.8 Å². The standard InChI is InChI=1S/C23H24N4O4/c1-4-24-23(30)25-21(28)20(17-11-7-5-8-12-17)31-22(29)19-15(2)26-27(16(19)3)18-13-9-6-10-14-18/h5-14,20H,4H2,1-3H3,(H2,24,25,28,30)/t20-/m1/s1. The number of hydrogen-bond acceptors (Lipinski definition) is 5. The summed E-state index contributed by atoms with van der Waals surface area (Å²) >= 11 is 0. The van der Waals surface area contributed by atoms with Gasteiger partial charge in [0.25, 0.3) is 5.91 Å². The van der Waals surface area contributed by atoms with Crippen molar-refractivity contribution >= 4 is 17.9 Å². The molecule has 2 aromatic carbocycles. The van der Waals surface area contributed by atoms with Crippen LogP contribution in [0.15, 0.2) is 60.7 Å². The van der Waals surface area contributed by atoms with E-state index in [1.807, 2.05) is 30.3 Å². The number of nitrogens with zero attached hydrogens (tertiary/aromatic N) is 2. The van der Waals surface area contributed by atoms with E-state index in [0.29, 0.717) is 23.5 Å². The fraction of sp³-hybridized carbons (Fsp3) is 0.217. The smallest absolute Gasteiger partial charge is 0.343 e. The third kappa shape index (κ3) is 4.98. The molecular weight excluding hydrogens is 396 g/mol. The number of amides is 3. The third-order valence-electron chi connectivity index (χ3n) is 4.64. The Morgan fingerprint density at radius 1 is 1.00 bits per heavy atom. The van der Waals surface area contributed by atoms with E-state index in [2.05, 4.69) is 15.7 Å². The summed E-state index contributed by atoms with van der Waals surface area (Å²) in [6.45, 7) is 5.55. The van der Waals surface area contributed by atoms with Gasteiger partial charge in [0.15, 0.2) is 0 Å². The van der Waals surface area contributed by atoms with Crippen molar-refractivity contribution in [2.75, 3.05) is 6.54 Å². The van der Waals surface area contributed by atoms with Gasteiger partial charge in [-0.05, 0) is 32.9 Å². The Labute approximate surface area is 180 Å². The molecule has 0 fully saturated rings. The number of para-hydroxylation sites is 1. The quantitative estimate of drug-likeness (QED) is 0.596. The van der Waals surface area contributed by atoms with E-state index in [0.717, 1.165) is 5.69 Å². The molecule has 0 unspecified atom stereocenters. The van der Waals surface area contributed by atoms with Crippen LogP contribution in [0.1, 0.15) is 40.3 Å². The first-order valence-electron chi connectivity index (χ1n) is 9.88. The molecule has 0 aliphatic carbocycles. The normalized spacial score (nSPS) is 11.5. The lowest BCUT2D eigenvalue weighted by atomic mass is 10.1. The predicted molar refractivity (Wildman–Crippen MR) is 115 cm³/mol. The molecule has 0 spiro atoms. The topological polar surface area (TPSA) is 102 Å². The lowest BCUT2D eigenvalue weighted by Gasteiger charge is -2.18. The summed E-state index contributed by atoms with van der Waals surface area (Å²) < 4.78 is 7.24. The van der Waals surface area contributed by atoms with Crippen molar-refractivity contribution in [2.45, 2.75) is 26.9 Å². The highest BCUT2D eigenvalue weighted by Crippen LogP contribution is 2.24. The Kier molecular flexibility index (Phi) is 6.81. The highest BCUT2D eigenvalue weighted by atomic mass is 16.5. The molecular formula is C23H24N4O4. The number of hydrogen-bond donors (Lipinski definition) is 2. The highest BCUT2D eigenvalue weighted by molar-refractivity contribution is 5.99. The lowest BCUT2D eigenvalue weighted by molar-refractivity contribution is -0.129. The first-order valence-corrected chi connectivity index (χ1v) is 9.88. The molecule has 160 valence electrons. The summed E-state index contributed by atoms with van der Waals surface area (Å²) in [6, 6.07) is 17.3. The van der Waals surface area contributed by atoms with Gasteiger partial charge >= 0.3 is 12.0 Å². The summed E-state index contributed by atoms with van der Waals surface area (Å²) in [5, 5.41) is 9.14. The fourth-order valence-corrected chi connectivity index (χ4v) is 3.21. The van der Waals surface area contributed by atoms with Gasteiger partial charge in [0.05, 0.1) is 17.1 Å². The number of imide groups is 1. The molecule has 0 radical (unpaired) electrons. The molecule has 1 heterocycles. The molecule has 0 saturated carbocycles. The average Bonchev–Trinajstić information content (AvgIpc) is 3.07. The maximum atomic E-state index is 13.1. The maximum absolute atomic E-state index is 13.1.